The Bertz CT molecular complexity index is 797. The molecule has 1 aromatic carbocycles. The monoisotopic (exact) mass is 328 g/mol. The number of aromatic nitrogens is 3. The van der Waals surface area contributed by atoms with Crippen LogP contribution < -0.4 is 0 Å². The molecule has 1 aliphatic heterocycles. The molecule has 0 radical (unpaired) electrons. The highest BCUT2D eigenvalue weighted by Gasteiger charge is 2.42. The molecule has 24 heavy (non-hydrogen) atoms. The van der Waals surface area contributed by atoms with Crippen LogP contribution in [0.1, 0.15) is 35.4 Å². The van der Waals surface area contributed by atoms with E-state index < -0.39 is 11.4 Å². The zero-order valence-electron chi connectivity index (χ0n) is 14.0. The summed E-state index contributed by atoms with van der Waals surface area (Å²) in [6.45, 7) is 6.08. The third-order valence-electron chi connectivity index (χ3n) is 4.51. The van der Waals surface area contributed by atoms with Crippen molar-refractivity contribution in [3.8, 4) is 5.69 Å². The topological polar surface area (TPSA) is 88.3 Å². The molecule has 0 bridgehead atoms. The van der Waals surface area contributed by atoms with Crippen molar-refractivity contribution in [3.63, 3.8) is 0 Å². The Morgan fingerprint density at radius 3 is 2.38 bits per heavy atom. The van der Waals surface area contributed by atoms with E-state index in [2.05, 4.69) is 10.1 Å². The molecule has 0 unspecified atom stereocenters. The molecule has 1 amide bonds. The number of aryl methyl sites for hydroxylation is 2. The van der Waals surface area contributed by atoms with Gasteiger partial charge in [-0.05, 0) is 51.5 Å². The minimum atomic E-state index is -0.856. The molecule has 0 aliphatic carbocycles. The number of amides is 1. The van der Waals surface area contributed by atoms with Crippen molar-refractivity contribution >= 4 is 11.9 Å². The van der Waals surface area contributed by atoms with E-state index >= 15 is 0 Å². The molecule has 7 heteroatoms. The molecule has 3 rings (SSSR count). The summed E-state index contributed by atoms with van der Waals surface area (Å²) in [5.74, 6) is 0.476. The number of carboxylic acid groups (broad SMARTS) is 1. The fourth-order valence-corrected chi connectivity index (χ4v) is 3.00. The molecule has 1 aromatic heterocycles. The Morgan fingerprint density at radius 1 is 1.21 bits per heavy atom. The number of nitrogens with zero attached hydrogens (tertiary/aromatic N) is 4. The highest BCUT2D eigenvalue weighted by Crippen LogP contribution is 2.31. The molecule has 1 aliphatic rings. The molecule has 1 atom stereocenters. The summed E-state index contributed by atoms with van der Waals surface area (Å²) >= 11 is 0. The van der Waals surface area contributed by atoms with E-state index in [-0.39, 0.29) is 12.5 Å². The van der Waals surface area contributed by atoms with Gasteiger partial charge in [0.25, 0.3) is 5.91 Å². The van der Waals surface area contributed by atoms with Gasteiger partial charge < -0.3 is 10.0 Å². The van der Waals surface area contributed by atoms with Crippen molar-refractivity contribution in [1.29, 1.82) is 0 Å². The van der Waals surface area contributed by atoms with Crippen LogP contribution in [0.15, 0.2) is 24.3 Å². The Balaban J connectivity index is 1.78. The normalized spacial score (nSPS) is 20.4. The minimum Gasteiger partial charge on any atom is -0.481 e. The number of carbonyl (C=O) groups excluding carboxylic acids is 1. The van der Waals surface area contributed by atoms with Gasteiger partial charge >= 0.3 is 5.97 Å². The predicted molar refractivity (Wildman–Crippen MR) is 87.1 cm³/mol. The maximum atomic E-state index is 12.6. The number of hydrogen-bond acceptors (Lipinski definition) is 4. The molecule has 1 N–H and O–H groups in total. The first-order valence-corrected chi connectivity index (χ1v) is 7.83. The van der Waals surface area contributed by atoms with Crippen LogP contribution in [0.4, 0.5) is 0 Å². The van der Waals surface area contributed by atoms with Crippen molar-refractivity contribution in [2.24, 2.45) is 5.41 Å². The van der Waals surface area contributed by atoms with Gasteiger partial charge in [-0.2, -0.15) is 5.10 Å². The summed E-state index contributed by atoms with van der Waals surface area (Å²) in [6, 6.07) is 7.12. The zero-order valence-corrected chi connectivity index (χ0v) is 14.0. The molecule has 2 aromatic rings. The summed E-state index contributed by atoms with van der Waals surface area (Å²) in [6.07, 6.45) is 0.476. The molecule has 7 nitrogen and oxygen atoms in total. The van der Waals surface area contributed by atoms with Gasteiger partial charge in [0.05, 0.1) is 11.1 Å². The molecule has 126 valence electrons. The van der Waals surface area contributed by atoms with E-state index in [1.165, 1.54) is 0 Å². The average molecular weight is 328 g/mol. The number of benzene rings is 1. The van der Waals surface area contributed by atoms with Crippen LogP contribution in [0.2, 0.25) is 0 Å². The van der Waals surface area contributed by atoms with E-state index in [4.69, 9.17) is 0 Å². The van der Waals surface area contributed by atoms with Crippen LogP contribution in [0.5, 0.6) is 0 Å². The summed E-state index contributed by atoms with van der Waals surface area (Å²) in [5, 5.41) is 13.6. The molecule has 0 saturated carbocycles. The second kappa shape index (κ2) is 5.74. The first-order chi connectivity index (χ1) is 11.3. The molecule has 0 spiro atoms. The molecular formula is C17H20N4O3. The van der Waals surface area contributed by atoms with E-state index in [1.54, 1.807) is 28.6 Å². The van der Waals surface area contributed by atoms with Gasteiger partial charge in [0.1, 0.15) is 11.6 Å². The first-order valence-electron chi connectivity index (χ1n) is 7.83. The number of aliphatic carboxylic acids is 1. The van der Waals surface area contributed by atoms with Crippen molar-refractivity contribution in [1.82, 2.24) is 19.7 Å². The van der Waals surface area contributed by atoms with E-state index in [9.17, 15) is 14.7 Å². The Morgan fingerprint density at radius 2 is 1.88 bits per heavy atom. The third kappa shape index (κ3) is 2.77. The van der Waals surface area contributed by atoms with Crippen molar-refractivity contribution in [2.45, 2.75) is 27.2 Å². The van der Waals surface area contributed by atoms with Gasteiger partial charge in [-0.25, -0.2) is 9.67 Å². The maximum absolute atomic E-state index is 12.6. The van der Waals surface area contributed by atoms with E-state index in [0.717, 1.165) is 11.5 Å². The largest absolute Gasteiger partial charge is 0.481 e. The summed E-state index contributed by atoms with van der Waals surface area (Å²) in [5.41, 5.74) is 0.523. The fraction of sp³-hybridized carbons (Fsp3) is 0.412. The molecule has 1 fully saturated rings. The lowest BCUT2D eigenvalue weighted by Crippen LogP contribution is -2.34. The van der Waals surface area contributed by atoms with Crippen molar-refractivity contribution in [3.05, 3.63) is 41.5 Å². The second-order valence-corrected chi connectivity index (χ2v) is 6.51. The standard InChI is InChI=1S/C17H20N4O3/c1-11-18-12(2)21(19-11)14-6-4-13(5-7-14)15(22)20-9-8-17(3,10-20)16(23)24/h4-7H,8-10H2,1-3H3,(H,23,24)/t17-/m1/s1. The summed E-state index contributed by atoms with van der Waals surface area (Å²) < 4.78 is 1.72. The van der Waals surface area contributed by atoms with Crippen LogP contribution >= 0.6 is 0 Å². The third-order valence-corrected chi connectivity index (χ3v) is 4.51. The molecular weight excluding hydrogens is 308 g/mol. The predicted octanol–water partition coefficient (Wildman–Crippen LogP) is 1.82. The highest BCUT2D eigenvalue weighted by molar-refractivity contribution is 5.95. The van der Waals surface area contributed by atoms with E-state index in [1.807, 2.05) is 26.0 Å². The Hall–Kier alpha value is -2.70. The average Bonchev–Trinajstić information content (AvgIpc) is 3.10. The minimum absolute atomic E-state index is 0.141. The number of rotatable bonds is 3. The first kappa shape index (κ1) is 16.2. The Kier molecular flexibility index (Phi) is 3.87. The van der Waals surface area contributed by atoms with Gasteiger partial charge in [-0.15, -0.1) is 0 Å². The summed E-state index contributed by atoms with van der Waals surface area (Å²) in [4.78, 5) is 29.8. The lowest BCUT2D eigenvalue weighted by Gasteiger charge is -2.20. The van der Waals surface area contributed by atoms with Crippen LogP contribution in [0.3, 0.4) is 0 Å². The van der Waals surface area contributed by atoms with Gasteiger partial charge in [0, 0.05) is 18.7 Å². The lowest BCUT2D eigenvalue weighted by molar-refractivity contribution is -0.147. The van der Waals surface area contributed by atoms with Crippen LogP contribution in [-0.4, -0.2) is 49.7 Å². The number of likely N-dealkylation sites (tertiary alicyclic amines) is 1. The summed E-state index contributed by atoms with van der Waals surface area (Å²) in [7, 11) is 0. The van der Waals surface area contributed by atoms with Gasteiger partial charge in [-0.3, -0.25) is 9.59 Å². The smallest absolute Gasteiger partial charge is 0.311 e. The van der Waals surface area contributed by atoms with Gasteiger partial charge in [-0.1, -0.05) is 0 Å². The quantitative estimate of drug-likeness (QED) is 0.928. The molecule has 1 saturated heterocycles. The lowest BCUT2D eigenvalue weighted by atomic mass is 9.90. The number of carbonyl (C=O) groups is 2. The van der Waals surface area contributed by atoms with Crippen LogP contribution in [0, 0.1) is 19.3 Å². The van der Waals surface area contributed by atoms with Crippen LogP contribution in [-0.2, 0) is 4.79 Å². The number of carboxylic acids is 1. The zero-order chi connectivity index (χ0) is 17.5. The fourth-order valence-electron chi connectivity index (χ4n) is 3.00. The SMILES string of the molecule is Cc1nc(C)n(-c2ccc(C(=O)N3CC[C@@](C)(C(=O)O)C3)cc2)n1. The second-order valence-electron chi connectivity index (χ2n) is 6.51. The van der Waals surface area contributed by atoms with Crippen molar-refractivity contribution in [2.75, 3.05) is 13.1 Å². The highest BCUT2D eigenvalue weighted by atomic mass is 16.4. The maximum Gasteiger partial charge on any atom is 0.311 e. The van der Waals surface area contributed by atoms with Gasteiger partial charge in [0.15, 0.2) is 0 Å². The van der Waals surface area contributed by atoms with Gasteiger partial charge in [0.2, 0.25) is 0 Å². The van der Waals surface area contributed by atoms with E-state index in [0.29, 0.717) is 24.4 Å². The Labute approximate surface area is 139 Å². The molecule has 2 heterocycles. The van der Waals surface area contributed by atoms with Crippen molar-refractivity contribution < 1.29 is 14.7 Å². The number of hydrogen-bond donors (Lipinski definition) is 1. The van der Waals surface area contributed by atoms with Crippen LogP contribution in [0.25, 0.3) is 5.69 Å².